The van der Waals surface area contributed by atoms with Crippen LogP contribution in [0.3, 0.4) is 0 Å². The molecule has 1 saturated carbocycles. The third kappa shape index (κ3) is 3.18. The van der Waals surface area contributed by atoms with Crippen LogP contribution in [0.2, 0.25) is 0 Å². The average Bonchev–Trinajstić information content (AvgIpc) is 2.84. The molecule has 6 nitrogen and oxygen atoms in total. The van der Waals surface area contributed by atoms with E-state index in [0.29, 0.717) is 18.5 Å². The van der Waals surface area contributed by atoms with Crippen molar-refractivity contribution in [3.8, 4) is 0 Å². The molecule has 2 rings (SSSR count). The molecular formula is C13H22N2O4. The number of rotatable bonds is 3. The standard InChI is InChI=1S/C13H22N2O4/c16-9-10(11(17)18)14-12(19)15-7-5-13(6-8-15)3-1-2-4-13/h10,16H,1-9H2,(H,14,19)(H,17,18)/t10-/m1/s1. The second-order valence-corrected chi connectivity index (χ2v) is 5.72. The van der Waals surface area contributed by atoms with Crippen LogP contribution in [0, 0.1) is 5.41 Å². The minimum Gasteiger partial charge on any atom is -0.480 e. The highest BCUT2D eigenvalue weighted by molar-refractivity contribution is 5.82. The molecule has 6 heteroatoms. The number of carboxylic acids is 1. The zero-order valence-corrected chi connectivity index (χ0v) is 11.1. The lowest BCUT2D eigenvalue weighted by Crippen LogP contribution is -2.52. The molecule has 2 fully saturated rings. The van der Waals surface area contributed by atoms with Crippen molar-refractivity contribution < 1.29 is 19.8 Å². The van der Waals surface area contributed by atoms with E-state index in [2.05, 4.69) is 5.32 Å². The summed E-state index contributed by atoms with van der Waals surface area (Å²) >= 11 is 0. The van der Waals surface area contributed by atoms with Crippen molar-refractivity contribution in [3.05, 3.63) is 0 Å². The summed E-state index contributed by atoms with van der Waals surface area (Å²) in [6.45, 7) is 0.784. The van der Waals surface area contributed by atoms with E-state index in [1.54, 1.807) is 4.90 Å². The largest absolute Gasteiger partial charge is 0.480 e. The summed E-state index contributed by atoms with van der Waals surface area (Å²) in [5, 5.41) is 20.0. The van der Waals surface area contributed by atoms with Crippen LogP contribution in [-0.4, -0.2) is 52.9 Å². The second-order valence-electron chi connectivity index (χ2n) is 5.72. The first kappa shape index (κ1) is 14.1. The van der Waals surface area contributed by atoms with Crippen LogP contribution in [-0.2, 0) is 4.79 Å². The molecular weight excluding hydrogens is 248 g/mol. The Morgan fingerprint density at radius 1 is 1.16 bits per heavy atom. The number of carbonyl (C=O) groups is 2. The van der Waals surface area contributed by atoms with Gasteiger partial charge in [-0.3, -0.25) is 0 Å². The van der Waals surface area contributed by atoms with Gasteiger partial charge < -0.3 is 20.4 Å². The molecule has 2 amide bonds. The summed E-state index contributed by atoms with van der Waals surface area (Å²) in [5.41, 5.74) is 0.431. The Labute approximate surface area is 112 Å². The molecule has 1 aliphatic heterocycles. The maximum Gasteiger partial charge on any atom is 0.328 e. The van der Waals surface area contributed by atoms with Crippen LogP contribution in [0.4, 0.5) is 4.79 Å². The van der Waals surface area contributed by atoms with Crippen molar-refractivity contribution in [3.63, 3.8) is 0 Å². The Morgan fingerprint density at radius 3 is 2.21 bits per heavy atom. The molecule has 108 valence electrons. The first-order valence-corrected chi connectivity index (χ1v) is 6.95. The molecule has 1 heterocycles. The van der Waals surface area contributed by atoms with Gasteiger partial charge in [0.25, 0.3) is 0 Å². The highest BCUT2D eigenvalue weighted by Crippen LogP contribution is 2.46. The number of piperidine rings is 1. The third-order valence-electron chi connectivity index (χ3n) is 4.55. The minimum absolute atomic E-state index is 0.380. The lowest BCUT2D eigenvalue weighted by molar-refractivity contribution is -0.140. The Hall–Kier alpha value is -1.30. The third-order valence-corrected chi connectivity index (χ3v) is 4.55. The molecule has 1 aliphatic carbocycles. The molecule has 1 saturated heterocycles. The first-order chi connectivity index (χ1) is 9.06. The van der Waals surface area contributed by atoms with Crippen LogP contribution < -0.4 is 5.32 Å². The lowest BCUT2D eigenvalue weighted by Gasteiger charge is -2.39. The number of aliphatic carboxylic acids is 1. The van der Waals surface area contributed by atoms with Gasteiger partial charge in [0.1, 0.15) is 0 Å². The van der Waals surface area contributed by atoms with Gasteiger partial charge in [-0.1, -0.05) is 12.8 Å². The van der Waals surface area contributed by atoms with Crippen molar-refractivity contribution in [2.24, 2.45) is 5.41 Å². The van der Waals surface area contributed by atoms with Gasteiger partial charge in [-0.05, 0) is 31.1 Å². The number of aliphatic hydroxyl groups excluding tert-OH is 1. The highest BCUT2D eigenvalue weighted by atomic mass is 16.4. The van der Waals surface area contributed by atoms with E-state index in [4.69, 9.17) is 10.2 Å². The number of likely N-dealkylation sites (tertiary alicyclic amines) is 1. The smallest absolute Gasteiger partial charge is 0.328 e. The predicted octanol–water partition coefficient (Wildman–Crippen LogP) is 0.798. The predicted molar refractivity (Wildman–Crippen MR) is 68.7 cm³/mol. The molecule has 0 bridgehead atoms. The van der Waals surface area contributed by atoms with E-state index in [0.717, 1.165) is 12.8 Å². The summed E-state index contributed by atoms with van der Waals surface area (Å²) < 4.78 is 0. The van der Waals surface area contributed by atoms with Crippen molar-refractivity contribution in [2.75, 3.05) is 19.7 Å². The fourth-order valence-corrected chi connectivity index (χ4v) is 3.23. The Kier molecular flexibility index (Phi) is 4.29. The normalized spacial score (nSPS) is 23.3. The van der Waals surface area contributed by atoms with Gasteiger partial charge in [-0.15, -0.1) is 0 Å². The van der Waals surface area contributed by atoms with E-state index >= 15 is 0 Å². The maximum atomic E-state index is 11.9. The molecule has 1 spiro atoms. The second kappa shape index (κ2) is 5.77. The van der Waals surface area contributed by atoms with Gasteiger partial charge >= 0.3 is 12.0 Å². The zero-order chi connectivity index (χ0) is 13.9. The summed E-state index contributed by atoms with van der Waals surface area (Å²) in [6, 6.07) is -1.59. The number of urea groups is 1. The van der Waals surface area contributed by atoms with Crippen molar-refractivity contribution in [2.45, 2.75) is 44.6 Å². The number of amides is 2. The summed E-state index contributed by atoms with van der Waals surface area (Å²) in [6.07, 6.45) is 7.12. The highest BCUT2D eigenvalue weighted by Gasteiger charge is 2.38. The van der Waals surface area contributed by atoms with E-state index in [1.807, 2.05) is 0 Å². The zero-order valence-electron chi connectivity index (χ0n) is 11.1. The van der Waals surface area contributed by atoms with E-state index in [9.17, 15) is 9.59 Å². The fourth-order valence-electron chi connectivity index (χ4n) is 3.23. The maximum absolute atomic E-state index is 11.9. The minimum atomic E-state index is -1.21. The van der Waals surface area contributed by atoms with E-state index in [1.165, 1.54) is 25.7 Å². The monoisotopic (exact) mass is 270 g/mol. The van der Waals surface area contributed by atoms with E-state index in [-0.39, 0.29) is 6.03 Å². The van der Waals surface area contributed by atoms with Crippen LogP contribution >= 0.6 is 0 Å². The van der Waals surface area contributed by atoms with Crippen LogP contribution in [0.1, 0.15) is 38.5 Å². The van der Waals surface area contributed by atoms with Gasteiger partial charge in [0, 0.05) is 13.1 Å². The SMILES string of the molecule is O=C(O)[C@@H](CO)NC(=O)N1CCC2(CCCC2)CC1. The topological polar surface area (TPSA) is 89.9 Å². The molecule has 0 aromatic carbocycles. The van der Waals surface area contributed by atoms with Gasteiger partial charge in [-0.25, -0.2) is 9.59 Å². The Balaban J connectivity index is 1.83. The summed E-state index contributed by atoms with van der Waals surface area (Å²) in [4.78, 5) is 24.3. The quantitative estimate of drug-likeness (QED) is 0.707. The molecule has 2 aliphatic rings. The Bertz CT molecular complexity index is 343. The summed E-state index contributed by atoms with van der Waals surface area (Å²) in [7, 11) is 0. The summed E-state index contributed by atoms with van der Waals surface area (Å²) in [5.74, 6) is -1.21. The van der Waals surface area contributed by atoms with Crippen molar-refractivity contribution in [1.29, 1.82) is 0 Å². The van der Waals surface area contributed by atoms with Gasteiger partial charge in [0.05, 0.1) is 6.61 Å². The molecule has 0 aromatic heterocycles. The van der Waals surface area contributed by atoms with Crippen LogP contribution in [0.15, 0.2) is 0 Å². The average molecular weight is 270 g/mol. The fraction of sp³-hybridized carbons (Fsp3) is 0.846. The number of carboxylic acid groups (broad SMARTS) is 1. The van der Waals surface area contributed by atoms with Crippen molar-refractivity contribution >= 4 is 12.0 Å². The first-order valence-electron chi connectivity index (χ1n) is 6.95. The van der Waals surface area contributed by atoms with Crippen LogP contribution in [0.5, 0.6) is 0 Å². The van der Waals surface area contributed by atoms with Crippen molar-refractivity contribution in [1.82, 2.24) is 10.2 Å². The molecule has 0 radical (unpaired) electrons. The number of carbonyl (C=O) groups excluding carboxylic acids is 1. The number of hydrogen-bond donors (Lipinski definition) is 3. The molecule has 0 unspecified atom stereocenters. The molecule has 19 heavy (non-hydrogen) atoms. The molecule has 1 atom stereocenters. The Morgan fingerprint density at radius 2 is 1.74 bits per heavy atom. The number of hydrogen-bond acceptors (Lipinski definition) is 3. The van der Waals surface area contributed by atoms with Gasteiger partial charge in [0.15, 0.2) is 6.04 Å². The number of aliphatic hydroxyl groups is 1. The van der Waals surface area contributed by atoms with Gasteiger partial charge in [0.2, 0.25) is 0 Å². The molecule has 0 aromatic rings. The number of nitrogens with one attached hydrogen (secondary N) is 1. The lowest BCUT2D eigenvalue weighted by atomic mass is 9.77. The van der Waals surface area contributed by atoms with Gasteiger partial charge in [-0.2, -0.15) is 0 Å². The molecule has 3 N–H and O–H groups in total. The van der Waals surface area contributed by atoms with Crippen LogP contribution in [0.25, 0.3) is 0 Å². The van der Waals surface area contributed by atoms with E-state index < -0.39 is 18.6 Å². The number of nitrogens with zero attached hydrogens (tertiary/aromatic N) is 1.